The summed E-state index contributed by atoms with van der Waals surface area (Å²) in [4.78, 5) is 31.0. The van der Waals surface area contributed by atoms with Crippen LogP contribution >= 0.6 is 12.4 Å². The molecule has 0 radical (unpaired) electrons. The van der Waals surface area contributed by atoms with E-state index < -0.39 is 5.54 Å². The van der Waals surface area contributed by atoms with Crippen LogP contribution in [0.15, 0.2) is 28.8 Å². The van der Waals surface area contributed by atoms with Crippen LogP contribution < -0.4 is 11.1 Å². The zero-order chi connectivity index (χ0) is 19.0. The number of imide groups is 1. The minimum absolute atomic E-state index is 0. The number of nitrogens with two attached hydrogens (primary N) is 1. The molecule has 2 atom stereocenters. The van der Waals surface area contributed by atoms with E-state index >= 15 is 0 Å². The van der Waals surface area contributed by atoms with Gasteiger partial charge in [-0.15, -0.1) is 12.4 Å². The van der Waals surface area contributed by atoms with Crippen LogP contribution in [-0.2, 0) is 17.9 Å². The molecule has 1 saturated heterocycles. The molecule has 1 aromatic carbocycles. The average Bonchev–Trinajstić information content (AvgIpc) is 3.24. The third-order valence-electron chi connectivity index (χ3n) is 5.71. The van der Waals surface area contributed by atoms with Crippen LogP contribution in [0.3, 0.4) is 0 Å². The summed E-state index contributed by atoms with van der Waals surface area (Å²) in [6.45, 7) is 2.47. The van der Waals surface area contributed by atoms with E-state index in [9.17, 15) is 9.59 Å². The monoisotopic (exact) mass is 405 g/mol. The van der Waals surface area contributed by atoms with E-state index in [1.54, 1.807) is 0 Å². The summed E-state index contributed by atoms with van der Waals surface area (Å²) in [5, 5.41) is 6.89. The van der Waals surface area contributed by atoms with Gasteiger partial charge in [0.1, 0.15) is 12.1 Å². The Morgan fingerprint density at radius 2 is 2.04 bits per heavy atom. The summed E-state index contributed by atoms with van der Waals surface area (Å²) in [6.07, 6.45) is 3.64. The number of benzene rings is 1. The Balaban J connectivity index is 0.00000225. The third kappa shape index (κ3) is 3.38. The first kappa shape index (κ1) is 20.3. The normalized spacial score (nSPS) is 24.4. The van der Waals surface area contributed by atoms with Crippen molar-refractivity contribution in [2.24, 2.45) is 11.7 Å². The topological polar surface area (TPSA) is 114 Å². The lowest BCUT2D eigenvalue weighted by molar-refractivity contribution is -0.134. The zero-order valence-corrected chi connectivity index (χ0v) is 16.5. The molecule has 4 rings (SSSR count). The van der Waals surface area contributed by atoms with Crippen LogP contribution in [0.5, 0.6) is 0 Å². The number of urea groups is 1. The summed E-state index contributed by atoms with van der Waals surface area (Å²) < 4.78 is 5.28. The van der Waals surface area contributed by atoms with Gasteiger partial charge in [-0.25, -0.2) is 4.79 Å². The van der Waals surface area contributed by atoms with Crippen LogP contribution in [0.4, 0.5) is 4.79 Å². The number of amides is 3. The van der Waals surface area contributed by atoms with Gasteiger partial charge in [-0.2, -0.15) is 4.98 Å². The van der Waals surface area contributed by atoms with E-state index in [1.165, 1.54) is 4.90 Å². The minimum Gasteiger partial charge on any atom is -0.337 e. The molecule has 8 nitrogen and oxygen atoms in total. The van der Waals surface area contributed by atoms with Crippen molar-refractivity contribution < 1.29 is 14.1 Å². The van der Waals surface area contributed by atoms with Crippen molar-refractivity contribution in [3.63, 3.8) is 0 Å². The minimum atomic E-state index is -0.782. The maximum Gasteiger partial charge on any atom is 0.325 e. The van der Waals surface area contributed by atoms with Crippen LogP contribution in [0.2, 0.25) is 0 Å². The average molecular weight is 406 g/mol. The molecular formula is C19H24ClN5O3. The summed E-state index contributed by atoms with van der Waals surface area (Å²) in [6, 6.07) is 7.14. The molecular weight excluding hydrogens is 382 g/mol. The molecule has 1 aliphatic heterocycles. The number of hydrogen-bond donors (Lipinski definition) is 2. The standard InChI is InChI=1S/C19H23N5O3.ClH/c1-12-4-2-3-9-19(12)17(25)24(18(26)22-19)11-15-21-16(23-27-15)14-7-5-13(10-20)6-8-14;/h5-8,12H,2-4,9-11,20H2,1H3,(H,22,26);1H. The first-order valence-electron chi connectivity index (χ1n) is 9.29. The number of carbonyl (C=O) groups is 2. The van der Waals surface area contributed by atoms with Crippen molar-refractivity contribution in [3.05, 3.63) is 35.7 Å². The summed E-state index contributed by atoms with van der Waals surface area (Å²) in [5.74, 6) is 0.581. The SMILES string of the molecule is CC1CCCCC12NC(=O)N(Cc1nc(-c3ccc(CN)cc3)no1)C2=O.Cl. The molecule has 2 aliphatic rings. The summed E-state index contributed by atoms with van der Waals surface area (Å²) in [5.41, 5.74) is 6.62. The fourth-order valence-electron chi connectivity index (χ4n) is 4.00. The van der Waals surface area contributed by atoms with Gasteiger partial charge in [0.2, 0.25) is 11.7 Å². The second-order valence-electron chi connectivity index (χ2n) is 7.35. The lowest BCUT2D eigenvalue weighted by Gasteiger charge is -2.36. The van der Waals surface area contributed by atoms with Gasteiger partial charge in [0.25, 0.3) is 5.91 Å². The first-order chi connectivity index (χ1) is 13.0. The van der Waals surface area contributed by atoms with E-state index in [4.69, 9.17) is 10.3 Å². The lowest BCUT2D eigenvalue weighted by Crippen LogP contribution is -2.53. The number of nitrogens with one attached hydrogen (secondary N) is 1. The van der Waals surface area contributed by atoms with Gasteiger partial charge in [-0.05, 0) is 24.3 Å². The second kappa shape index (κ2) is 7.89. The highest BCUT2D eigenvalue weighted by Gasteiger charge is 2.55. The number of aromatic nitrogens is 2. The van der Waals surface area contributed by atoms with Crippen molar-refractivity contribution in [2.75, 3.05) is 0 Å². The Kier molecular flexibility index (Phi) is 5.71. The van der Waals surface area contributed by atoms with E-state index in [2.05, 4.69) is 15.5 Å². The van der Waals surface area contributed by atoms with Crippen molar-refractivity contribution in [2.45, 2.75) is 51.2 Å². The Labute approximate surface area is 169 Å². The van der Waals surface area contributed by atoms with Gasteiger partial charge < -0.3 is 15.6 Å². The Morgan fingerprint density at radius 3 is 2.71 bits per heavy atom. The molecule has 3 N–H and O–H groups in total. The Morgan fingerprint density at radius 1 is 1.29 bits per heavy atom. The maximum absolute atomic E-state index is 13.0. The van der Waals surface area contributed by atoms with Crippen molar-refractivity contribution in [1.29, 1.82) is 0 Å². The van der Waals surface area contributed by atoms with Crippen molar-refractivity contribution in [1.82, 2.24) is 20.4 Å². The number of carbonyl (C=O) groups excluding carboxylic acids is 2. The fraction of sp³-hybridized carbons (Fsp3) is 0.474. The molecule has 150 valence electrons. The molecule has 9 heteroatoms. The highest BCUT2D eigenvalue weighted by atomic mass is 35.5. The van der Waals surface area contributed by atoms with Gasteiger partial charge in [0.05, 0.1) is 0 Å². The van der Waals surface area contributed by atoms with Crippen molar-refractivity contribution in [3.8, 4) is 11.4 Å². The van der Waals surface area contributed by atoms with Crippen LogP contribution in [-0.4, -0.2) is 32.5 Å². The molecule has 2 fully saturated rings. The summed E-state index contributed by atoms with van der Waals surface area (Å²) >= 11 is 0. The van der Waals surface area contributed by atoms with Gasteiger partial charge in [-0.1, -0.05) is 49.2 Å². The van der Waals surface area contributed by atoms with Crippen LogP contribution in [0.1, 0.15) is 44.1 Å². The lowest BCUT2D eigenvalue weighted by atomic mass is 9.73. The molecule has 2 heterocycles. The smallest absolute Gasteiger partial charge is 0.325 e. The molecule has 1 aromatic heterocycles. The predicted octanol–water partition coefficient (Wildman–Crippen LogP) is 2.62. The van der Waals surface area contributed by atoms with E-state index in [1.807, 2.05) is 31.2 Å². The quantitative estimate of drug-likeness (QED) is 0.755. The highest BCUT2D eigenvalue weighted by Crippen LogP contribution is 2.38. The molecule has 2 aromatic rings. The number of halogens is 1. The molecule has 1 saturated carbocycles. The number of rotatable bonds is 4. The van der Waals surface area contributed by atoms with Gasteiger partial charge in [0, 0.05) is 12.1 Å². The van der Waals surface area contributed by atoms with E-state index in [0.717, 1.165) is 30.4 Å². The van der Waals surface area contributed by atoms with Crippen LogP contribution in [0, 0.1) is 5.92 Å². The maximum atomic E-state index is 13.0. The molecule has 1 aliphatic carbocycles. The molecule has 1 spiro atoms. The van der Waals surface area contributed by atoms with Gasteiger partial charge >= 0.3 is 6.03 Å². The molecule has 28 heavy (non-hydrogen) atoms. The Hall–Kier alpha value is -2.45. The number of hydrogen-bond acceptors (Lipinski definition) is 6. The van der Waals surface area contributed by atoms with Gasteiger partial charge in [0.15, 0.2) is 0 Å². The Bertz CT molecular complexity index is 869. The van der Waals surface area contributed by atoms with Gasteiger partial charge in [-0.3, -0.25) is 9.69 Å². The van der Waals surface area contributed by atoms with Crippen molar-refractivity contribution >= 4 is 24.3 Å². The largest absolute Gasteiger partial charge is 0.337 e. The first-order valence-corrected chi connectivity index (χ1v) is 9.29. The predicted molar refractivity (Wildman–Crippen MR) is 104 cm³/mol. The molecule has 0 bridgehead atoms. The molecule has 2 unspecified atom stereocenters. The highest BCUT2D eigenvalue weighted by molar-refractivity contribution is 6.07. The van der Waals surface area contributed by atoms with E-state index in [0.29, 0.717) is 18.8 Å². The fourth-order valence-corrected chi connectivity index (χ4v) is 4.00. The van der Waals surface area contributed by atoms with Crippen LogP contribution in [0.25, 0.3) is 11.4 Å². The van der Waals surface area contributed by atoms with E-state index in [-0.39, 0.29) is 42.7 Å². The third-order valence-corrected chi connectivity index (χ3v) is 5.71. The number of nitrogens with zero attached hydrogens (tertiary/aromatic N) is 3. The summed E-state index contributed by atoms with van der Waals surface area (Å²) in [7, 11) is 0. The molecule has 3 amide bonds. The zero-order valence-electron chi connectivity index (χ0n) is 15.7. The second-order valence-corrected chi connectivity index (χ2v) is 7.35.